The smallest absolute Gasteiger partial charge is 0.387 e. The summed E-state index contributed by atoms with van der Waals surface area (Å²) in [7, 11) is 1.36. The van der Waals surface area contributed by atoms with Gasteiger partial charge >= 0.3 is 6.61 Å². The van der Waals surface area contributed by atoms with Gasteiger partial charge in [0.1, 0.15) is 6.54 Å². The first-order valence-corrected chi connectivity index (χ1v) is 9.22. The van der Waals surface area contributed by atoms with Gasteiger partial charge in [0.05, 0.1) is 24.3 Å². The Balaban J connectivity index is 1.61. The highest BCUT2D eigenvalue weighted by molar-refractivity contribution is 5.81. The van der Waals surface area contributed by atoms with E-state index in [1.54, 1.807) is 18.2 Å². The first-order valence-electron chi connectivity index (χ1n) is 9.22. The van der Waals surface area contributed by atoms with Crippen molar-refractivity contribution in [2.75, 3.05) is 13.7 Å². The molecule has 0 spiro atoms. The van der Waals surface area contributed by atoms with Gasteiger partial charge in [0.25, 0.3) is 5.56 Å². The molecule has 0 saturated carbocycles. The first kappa shape index (κ1) is 21.2. The van der Waals surface area contributed by atoms with Gasteiger partial charge in [-0.05, 0) is 42.7 Å². The van der Waals surface area contributed by atoms with Crippen molar-refractivity contribution >= 4 is 16.8 Å². The van der Waals surface area contributed by atoms with Crippen molar-refractivity contribution in [3.8, 4) is 11.5 Å². The molecule has 3 rings (SSSR count). The molecular formula is C21H21F2N3O4. The Morgan fingerprint density at radius 3 is 2.77 bits per heavy atom. The Kier molecular flexibility index (Phi) is 6.61. The highest BCUT2D eigenvalue weighted by Gasteiger charge is 2.12. The predicted molar refractivity (Wildman–Crippen MR) is 107 cm³/mol. The number of halogens is 2. The van der Waals surface area contributed by atoms with Crippen molar-refractivity contribution in [3.63, 3.8) is 0 Å². The van der Waals surface area contributed by atoms with Crippen LogP contribution in [0.15, 0.2) is 47.5 Å². The Morgan fingerprint density at radius 2 is 2.03 bits per heavy atom. The van der Waals surface area contributed by atoms with Crippen LogP contribution in [0.25, 0.3) is 10.9 Å². The number of nitrogens with one attached hydrogen (secondary N) is 1. The fourth-order valence-electron chi connectivity index (χ4n) is 3.07. The molecule has 1 heterocycles. The summed E-state index contributed by atoms with van der Waals surface area (Å²) in [5.74, 6) is -0.231. The number of aryl methyl sites for hydroxylation is 1. The Morgan fingerprint density at radius 1 is 1.23 bits per heavy atom. The average Bonchev–Trinajstić information content (AvgIpc) is 2.70. The largest absolute Gasteiger partial charge is 0.493 e. The minimum atomic E-state index is -2.97. The van der Waals surface area contributed by atoms with Crippen molar-refractivity contribution in [1.82, 2.24) is 14.9 Å². The van der Waals surface area contributed by atoms with Crippen LogP contribution in [0.3, 0.4) is 0 Å². The van der Waals surface area contributed by atoms with Crippen molar-refractivity contribution in [1.29, 1.82) is 0 Å². The van der Waals surface area contributed by atoms with Crippen LogP contribution in [-0.2, 0) is 17.8 Å². The third kappa shape index (κ3) is 4.91. The third-order valence-corrected chi connectivity index (χ3v) is 4.55. The van der Waals surface area contributed by atoms with Gasteiger partial charge in [-0.25, -0.2) is 4.98 Å². The minimum Gasteiger partial charge on any atom is -0.493 e. The number of amides is 1. The number of rotatable bonds is 8. The van der Waals surface area contributed by atoms with Gasteiger partial charge in [0, 0.05) is 6.54 Å². The summed E-state index contributed by atoms with van der Waals surface area (Å²) in [4.78, 5) is 29.0. The summed E-state index contributed by atoms with van der Waals surface area (Å²) in [6, 6.07) is 9.97. The van der Waals surface area contributed by atoms with E-state index in [4.69, 9.17) is 4.74 Å². The fourth-order valence-corrected chi connectivity index (χ4v) is 3.07. The Bertz CT molecular complexity index is 1120. The lowest BCUT2D eigenvalue weighted by Gasteiger charge is -2.12. The second kappa shape index (κ2) is 9.34. The lowest BCUT2D eigenvalue weighted by Crippen LogP contribution is -2.33. The molecule has 2 aromatic carbocycles. The number of benzene rings is 2. The molecule has 7 nitrogen and oxygen atoms in total. The fraction of sp³-hybridized carbons (Fsp3) is 0.286. The van der Waals surface area contributed by atoms with E-state index in [1.165, 1.54) is 30.1 Å². The molecule has 0 radical (unpaired) electrons. The molecule has 0 fully saturated rings. The molecule has 9 heteroatoms. The molecule has 0 atom stereocenters. The number of hydrogen-bond acceptors (Lipinski definition) is 5. The van der Waals surface area contributed by atoms with Gasteiger partial charge < -0.3 is 14.8 Å². The van der Waals surface area contributed by atoms with E-state index in [2.05, 4.69) is 15.0 Å². The number of ether oxygens (including phenoxy) is 2. The molecule has 0 aliphatic heterocycles. The molecule has 30 heavy (non-hydrogen) atoms. The zero-order valence-electron chi connectivity index (χ0n) is 16.5. The summed E-state index contributed by atoms with van der Waals surface area (Å²) < 4.78 is 35.7. The van der Waals surface area contributed by atoms with Gasteiger partial charge in [-0.1, -0.05) is 18.2 Å². The predicted octanol–water partition coefficient (Wildman–Crippen LogP) is 2.67. The second-order valence-electron chi connectivity index (χ2n) is 6.61. The second-order valence-corrected chi connectivity index (χ2v) is 6.61. The summed E-state index contributed by atoms with van der Waals surface area (Å²) in [5.41, 5.74) is 1.89. The molecule has 0 bridgehead atoms. The SMILES string of the molecule is COc1ccc(CCNC(=O)Cn2cnc3c(C)cccc3c2=O)cc1OC(F)F. The number of carbonyl (C=O) groups excluding carboxylic acids is 1. The standard InChI is InChI=1S/C21H21F2N3O4/c1-13-4-3-5-15-19(13)25-12-26(20(15)28)11-18(27)24-9-8-14-6-7-16(29-2)17(10-14)30-21(22)23/h3-7,10,12,21H,8-9,11H2,1-2H3,(H,24,27). The maximum atomic E-state index is 12.6. The molecular weight excluding hydrogens is 396 g/mol. The molecule has 1 N–H and O–H groups in total. The van der Waals surface area contributed by atoms with Gasteiger partial charge in [0.2, 0.25) is 5.91 Å². The number of nitrogens with zero attached hydrogens (tertiary/aromatic N) is 2. The number of para-hydroxylation sites is 1. The van der Waals surface area contributed by atoms with E-state index in [1.807, 2.05) is 13.0 Å². The highest BCUT2D eigenvalue weighted by Crippen LogP contribution is 2.29. The maximum Gasteiger partial charge on any atom is 0.387 e. The Hall–Kier alpha value is -3.49. The van der Waals surface area contributed by atoms with Crippen LogP contribution in [0, 0.1) is 6.92 Å². The normalized spacial score (nSPS) is 11.0. The van der Waals surface area contributed by atoms with Crippen molar-refractivity contribution in [2.45, 2.75) is 26.5 Å². The third-order valence-electron chi connectivity index (χ3n) is 4.55. The number of hydrogen-bond donors (Lipinski definition) is 1. The molecule has 1 amide bonds. The molecule has 0 saturated heterocycles. The van der Waals surface area contributed by atoms with Crippen molar-refractivity contribution in [3.05, 3.63) is 64.2 Å². The molecule has 0 aliphatic carbocycles. The van der Waals surface area contributed by atoms with E-state index in [0.29, 0.717) is 22.9 Å². The van der Waals surface area contributed by atoms with E-state index in [-0.39, 0.29) is 36.1 Å². The quantitative estimate of drug-likeness (QED) is 0.609. The van der Waals surface area contributed by atoms with Crippen LogP contribution in [0.2, 0.25) is 0 Å². The van der Waals surface area contributed by atoms with Gasteiger partial charge in [-0.3, -0.25) is 14.2 Å². The van der Waals surface area contributed by atoms with Crippen LogP contribution in [0.1, 0.15) is 11.1 Å². The van der Waals surface area contributed by atoms with E-state index in [0.717, 1.165) is 5.56 Å². The summed E-state index contributed by atoms with van der Waals surface area (Å²) in [6.45, 7) is -1.01. The van der Waals surface area contributed by atoms with Crippen LogP contribution in [-0.4, -0.2) is 35.7 Å². The van der Waals surface area contributed by atoms with Crippen LogP contribution in [0.5, 0.6) is 11.5 Å². The molecule has 0 unspecified atom stereocenters. The number of alkyl halides is 2. The zero-order chi connectivity index (χ0) is 21.7. The van der Waals surface area contributed by atoms with Crippen LogP contribution in [0.4, 0.5) is 8.78 Å². The molecule has 158 valence electrons. The van der Waals surface area contributed by atoms with Crippen LogP contribution >= 0.6 is 0 Å². The maximum absolute atomic E-state index is 12.6. The number of fused-ring (bicyclic) bond motifs is 1. The van der Waals surface area contributed by atoms with Crippen LogP contribution < -0.4 is 20.3 Å². The summed E-state index contributed by atoms with van der Waals surface area (Å²) in [5, 5.41) is 3.16. The Labute approximate surface area is 171 Å². The van der Waals surface area contributed by atoms with Gasteiger partial charge in [-0.2, -0.15) is 8.78 Å². The summed E-state index contributed by atoms with van der Waals surface area (Å²) in [6.07, 6.45) is 1.74. The lowest BCUT2D eigenvalue weighted by atomic mass is 10.1. The number of methoxy groups -OCH3 is 1. The number of aromatic nitrogens is 2. The molecule has 0 aliphatic rings. The van der Waals surface area contributed by atoms with Crippen molar-refractivity contribution in [2.24, 2.45) is 0 Å². The number of carbonyl (C=O) groups is 1. The highest BCUT2D eigenvalue weighted by atomic mass is 19.3. The van der Waals surface area contributed by atoms with Gasteiger partial charge in [0.15, 0.2) is 11.5 Å². The van der Waals surface area contributed by atoms with Crippen molar-refractivity contribution < 1.29 is 23.0 Å². The minimum absolute atomic E-state index is 0.0691. The lowest BCUT2D eigenvalue weighted by molar-refractivity contribution is -0.121. The average molecular weight is 417 g/mol. The topological polar surface area (TPSA) is 82.5 Å². The monoisotopic (exact) mass is 417 g/mol. The zero-order valence-corrected chi connectivity index (χ0v) is 16.5. The van der Waals surface area contributed by atoms with E-state index < -0.39 is 6.61 Å². The molecule has 3 aromatic rings. The summed E-state index contributed by atoms with van der Waals surface area (Å²) >= 11 is 0. The molecule has 1 aromatic heterocycles. The van der Waals surface area contributed by atoms with E-state index >= 15 is 0 Å². The van der Waals surface area contributed by atoms with Gasteiger partial charge in [-0.15, -0.1) is 0 Å². The van der Waals surface area contributed by atoms with E-state index in [9.17, 15) is 18.4 Å². The first-order chi connectivity index (χ1) is 14.4.